The van der Waals surface area contributed by atoms with Gasteiger partial charge >= 0.3 is 5.97 Å². The summed E-state index contributed by atoms with van der Waals surface area (Å²) in [6.45, 7) is 2.14. The average Bonchev–Trinajstić information content (AvgIpc) is 2.52. The monoisotopic (exact) mass is 304 g/mol. The molecule has 0 unspecified atom stereocenters. The molecule has 116 valence electrons. The number of carbonyl (C=O) groups excluding carboxylic acids is 1. The molecule has 0 aliphatic heterocycles. The van der Waals surface area contributed by atoms with E-state index in [4.69, 9.17) is 16.3 Å². The number of hydrogen-bond acceptors (Lipinski definition) is 6. The summed E-state index contributed by atoms with van der Waals surface area (Å²) in [5.41, 5.74) is 8.53. The number of rotatable bonds is 5. The molecule has 0 fully saturated rings. The topological polar surface area (TPSA) is 103 Å². The van der Waals surface area contributed by atoms with Crippen molar-refractivity contribution >= 4 is 22.4 Å². The normalized spacial score (nSPS) is 12.0. The summed E-state index contributed by atoms with van der Waals surface area (Å²) >= 11 is 0. The fraction of sp³-hybridized carbons (Fsp3) is 0.200. The smallest absolute Gasteiger partial charge is 0.357 e. The molecule has 0 radical (unpaired) electrons. The number of aromatic nitrogens is 1. The third kappa shape index (κ3) is 3.32. The van der Waals surface area contributed by atoms with Gasteiger partial charge in [0.25, 0.3) is 0 Å². The highest BCUT2D eigenvalue weighted by atomic mass is 19.1. The van der Waals surface area contributed by atoms with Crippen LogP contribution in [0.4, 0.5) is 4.39 Å². The molecular weight excluding hydrogens is 287 g/mol. The summed E-state index contributed by atoms with van der Waals surface area (Å²) in [5.74, 6) is 4.35. The Morgan fingerprint density at radius 1 is 1.36 bits per heavy atom. The summed E-state index contributed by atoms with van der Waals surface area (Å²) in [4.78, 5) is 16.0. The molecule has 1 aromatic carbocycles. The van der Waals surface area contributed by atoms with Gasteiger partial charge in [0.2, 0.25) is 0 Å². The van der Waals surface area contributed by atoms with Crippen LogP contribution < -0.4 is 17.0 Å². The number of nitrogens with one attached hydrogen (secondary N) is 1. The van der Waals surface area contributed by atoms with Crippen LogP contribution in [0.1, 0.15) is 19.0 Å². The number of hydrazine groups is 1. The maximum Gasteiger partial charge on any atom is 0.357 e. The van der Waals surface area contributed by atoms with Gasteiger partial charge in [-0.25, -0.2) is 9.18 Å². The van der Waals surface area contributed by atoms with Gasteiger partial charge in [-0.3, -0.25) is 10.8 Å². The summed E-state index contributed by atoms with van der Waals surface area (Å²) in [7, 11) is 0. The lowest BCUT2D eigenvalue weighted by atomic mass is 10.1. The minimum Gasteiger partial charge on any atom is -0.461 e. The van der Waals surface area contributed by atoms with Crippen molar-refractivity contribution in [3.63, 3.8) is 0 Å². The highest BCUT2D eigenvalue weighted by Crippen LogP contribution is 2.19. The van der Waals surface area contributed by atoms with Gasteiger partial charge in [0.15, 0.2) is 5.70 Å². The second kappa shape index (κ2) is 6.86. The van der Waals surface area contributed by atoms with Crippen LogP contribution in [0.25, 0.3) is 16.5 Å². The van der Waals surface area contributed by atoms with Crippen molar-refractivity contribution in [2.24, 2.45) is 11.6 Å². The van der Waals surface area contributed by atoms with E-state index in [1.165, 1.54) is 18.3 Å². The maximum atomic E-state index is 13.2. The Hall–Kier alpha value is -2.67. The van der Waals surface area contributed by atoms with E-state index < -0.39 is 5.97 Å². The first-order valence-electron chi connectivity index (χ1n) is 6.76. The van der Waals surface area contributed by atoms with Crippen molar-refractivity contribution in [3.05, 3.63) is 47.7 Å². The second-order valence-electron chi connectivity index (χ2n) is 4.63. The van der Waals surface area contributed by atoms with Gasteiger partial charge in [0.05, 0.1) is 18.0 Å². The lowest BCUT2D eigenvalue weighted by Crippen LogP contribution is -2.31. The van der Waals surface area contributed by atoms with Crippen molar-refractivity contribution in [3.8, 4) is 0 Å². The molecule has 0 aliphatic carbocycles. The molecule has 7 heteroatoms. The molecular formula is C15H17FN4O2. The SMILES string of the molecule is CCCOC(=O)/C(NN)=C(/N)c1cc2ccc(F)cc2cn1. The number of pyridine rings is 1. The fourth-order valence-corrected chi connectivity index (χ4v) is 1.90. The predicted molar refractivity (Wildman–Crippen MR) is 81.4 cm³/mol. The van der Waals surface area contributed by atoms with Gasteiger partial charge in [-0.1, -0.05) is 13.0 Å². The fourth-order valence-electron chi connectivity index (χ4n) is 1.90. The van der Waals surface area contributed by atoms with E-state index in [2.05, 4.69) is 10.4 Å². The highest BCUT2D eigenvalue weighted by Gasteiger charge is 2.16. The number of nitrogens with two attached hydrogens (primary N) is 2. The quantitative estimate of drug-likeness (QED) is 0.334. The zero-order valence-corrected chi connectivity index (χ0v) is 12.1. The van der Waals surface area contributed by atoms with Crippen LogP contribution in [0.2, 0.25) is 0 Å². The Labute approximate surface area is 126 Å². The Bertz CT molecular complexity index is 731. The van der Waals surface area contributed by atoms with E-state index in [0.717, 1.165) is 5.39 Å². The largest absolute Gasteiger partial charge is 0.461 e. The summed E-state index contributed by atoms with van der Waals surface area (Å²) < 4.78 is 18.1. The molecule has 0 aliphatic rings. The van der Waals surface area contributed by atoms with E-state index in [9.17, 15) is 9.18 Å². The molecule has 0 saturated heterocycles. The van der Waals surface area contributed by atoms with E-state index >= 15 is 0 Å². The lowest BCUT2D eigenvalue weighted by molar-refractivity contribution is -0.139. The zero-order valence-electron chi connectivity index (χ0n) is 12.1. The van der Waals surface area contributed by atoms with Gasteiger partial charge in [-0.2, -0.15) is 0 Å². The molecule has 1 heterocycles. The number of hydrogen-bond donors (Lipinski definition) is 3. The van der Waals surface area contributed by atoms with Crippen molar-refractivity contribution in [2.45, 2.75) is 13.3 Å². The van der Waals surface area contributed by atoms with Crippen LogP contribution in [0, 0.1) is 5.82 Å². The summed E-state index contributed by atoms with van der Waals surface area (Å²) in [6.07, 6.45) is 2.16. The number of nitrogens with zero attached hydrogens (tertiary/aromatic N) is 1. The van der Waals surface area contributed by atoms with Gasteiger partial charge in [-0.05, 0) is 30.0 Å². The lowest BCUT2D eigenvalue weighted by Gasteiger charge is -2.11. The standard InChI is InChI=1S/C15H17FN4O2/c1-2-5-22-15(21)14(20-18)13(17)12-7-9-3-4-11(16)6-10(9)8-19-12/h3-4,6-8,20H,2,5,17-18H2,1H3/b14-13-. The van der Waals surface area contributed by atoms with E-state index in [-0.39, 0.29) is 23.8 Å². The Morgan fingerprint density at radius 2 is 2.14 bits per heavy atom. The molecule has 5 N–H and O–H groups in total. The van der Waals surface area contributed by atoms with Crippen LogP contribution in [0.3, 0.4) is 0 Å². The molecule has 6 nitrogen and oxygen atoms in total. The molecule has 2 rings (SSSR count). The maximum absolute atomic E-state index is 13.2. The second-order valence-corrected chi connectivity index (χ2v) is 4.63. The molecule has 0 atom stereocenters. The van der Waals surface area contributed by atoms with E-state index in [1.54, 1.807) is 12.1 Å². The Morgan fingerprint density at radius 3 is 2.82 bits per heavy atom. The van der Waals surface area contributed by atoms with Crippen molar-refractivity contribution in [1.82, 2.24) is 10.4 Å². The first kappa shape index (κ1) is 15.7. The Kier molecular flexibility index (Phi) is 4.90. The average molecular weight is 304 g/mol. The van der Waals surface area contributed by atoms with Crippen molar-refractivity contribution in [1.29, 1.82) is 0 Å². The van der Waals surface area contributed by atoms with Crippen LogP contribution in [-0.2, 0) is 9.53 Å². The molecule has 0 bridgehead atoms. The van der Waals surface area contributed by atoms with E-state index in [0.29, 0.717) is 17.5 Å². The van der Waals surface area contributed by atoms with Crippen molar-refractivity contribution in [2.75, 3.05) is 6.61 Å². The zero-order chi connectivity index (χ0) is 16.1. The van der Waals surface area contributed by atoms with Gasteiger partial charge in [0, 0.05) is 11.6 Å². The highest BCUT2D eigenvalue weighted by molar-refractivity contribution is 5.96. The molecule has 0 saturated carbocycles. The third-order valence-corrected chi connectivity index (χ3v) is 3.01. The number of carbonyl (C=O) groups is 1. The van der Waals surface area contributed by atoms with E-state index in [1.807, 2.05) is 6.92 Å². The minimum atomic E-state index is -0.650. The van der Waals surface area contributed by atoms with Crippen LogP contribution >= 0.6 is 0 Å². The predicted octanol–water partition coefficient (Wildman–Crippen LogP) is 1.42. The summed E-state index contributed by atoms with van der Waals surface area (Å²) in [5, 5.41) is 1.38. The van der Waals surface area contributed by atoms with Crippen LogP contribution in [0.5, 0.6) is 0 Å². The van der Waals surface area contributed by atoms with Crippen LogP contribution in [-0.4, -0.2) is 17.6 Å². The number of esters is 1. The minimum absolute atomic E-state index is 0.0647. The van der Waals surface area contributed by atoms with Gasteiger partial charge < -0.3 is 15.9 Å². The number of ether oxygens (including phenoxy) is 1. The number of fused-ring (bicyclic) bond motifs is 1. The van der Waals surface area contributed by atoms with Gasteiger partial charge in [-0.15, -0.1) is 0 Å². The van der Waals surface area contributed by atoms with Gasteiger partial charge in [0.1, 0.15) is 5.82 Å². The van der Waals surface area contributed by atoms with Crippen LogP contribution in [0.15, 0.2) is 36.2 Å². The Balaban J connectivity index is 2.41. The number of halogens is 1. The molecule has 0 amide bonds. The molecule has 1 aromatic heterocycles. The third-order valence-electron chi connectivity index (χ3n) is 3.01. The molecule has 0 spiro atoms. The van der Waals surface area contributed by atoms with Crippen molar-refractivity contribution < 1.29 is 13.9 Å². The number of benzene rings is 1. The first-order chi connectivity index (χ1) is 10.6. The molecule has 2 aromatic rings. The first-order valence-corrected chi connectivity index (χ1v) is 6.76. The summed E-state index contributed by atoms with van der Waals surface area (Å²) in [6, 6.07) is 5.95. The molecule has 22 heavy (non-hydrogen) atoms.